The predicted molar refractivity (Wildman–Crippen MR) is 65.6 cm³/mol. The summed E-state index contributed by atoms with van der Waals surface area (Å²) in [5, 5.41) is 10.7. The molecule has 0 aliphatic carbocycles. The van der Waals surface area contributed by atoms with Gasteiger partial charge in [0.1, 0.15) is 0 Å². The number of benzene rings is 1. The molecular weight excluding hydrogens is 212 g/mol. The van der Waals surface area contributed by atoms with E-state index in [9.17, 15) is 5.11 Å². The summed E-state index contributed by atoms with van der Waals surface area (Å²) < 4.78 is 0. The molecule has 3 heteroatoms. The lowest BCUT2D eigenvalue weighted by atomic mass is 9.64. The van der Waals surface area contributed by atoms with Crippen LogP contribution < -0.4 is 0 Å². The molecule has 4 saturated heterocycles. The Hall–Kier alpha value is -0.900. The van der Waals surface area contributed by atoms with Crippen molar-refractivity contribution in [1.82, 2.24) is 9.80 Å². The molecule has 1 aromatic carbocycles. The van der Waals surface area contributed by atoms with E-state index in [0.717, 1.165) is 32.8 Å². The van der Waals surface area contributed by atoms with Crippen LogP contribution in [0.4, 0.5) is 0 Å². The third kappa shape index (κ3) is 1.27. The van der Waals surface area contributed by atoms with E-state index in [2.05, 4.69) is 40.1 Å². The molecule has 4 fully saturated rings. The van der Waals surface area contributed by atoms with Crippen LogP contribution in [0.1, 0.15) is 5.56 Å². The molecule has 90 valence electrons. The van der Waals surface area contributed by atoms with Crippen LogP contribution in [-0.4, -0.2) is 53.9 Å². The van der Waals surface area contributed by atoms with Crippen molar-refractivity contribution in [2.75, 3.05) is 32.8 Å². The lowest BCUT2D eigenvalue weighted by Crippen LogP contribution is -2.74. The lowest BCUT2D eigenvalue weighted by Gasteiger charge is -2.62. The zero-order valence-corrected chi connectivity index (χ0v) is 9.92. The van der Waals surface area contributed by atoms with E-state index in [1.165, 1.54) is 5.56 Å². The zero-order valence-electron chi connectivity index (χ0n) is 9.92. The summed E-state index contributed by atoms with van der Waals surface area (Å²) in [7, 11) is 0. The Balaban J connectivity index is 1.81. The van der Waals surface area contributed by atoms with Crippen molar-refractivity contribution in [3.05, 3.63) is 35.9 Å². The lowest BCUT2D eigenvalue weighted by molar-refractivity contribution is -0.158. The fourth-order valence-electron chi connectivity index (χ4n) is 4.16. The Kier molecular flexibility index (Phi) is 1.96. The number of aliphatic hydroxyl groups is 1. The van der Waals surface area contributed by atoms with Gasteiger partial charge in [0, 0.05) is 37.5 Å². The second kappa shape index (κ2) is 3.31. The second-order valence-corrected chi connectivity index (χ2v) is 5.89. The van der Waals surface area contributed by atoms with Crippen molar-refractivity contribution in [2.45, 2.75) is 11.5 Å². The fourth-order valence-corrected chi connectivity index (χ4v) is 4.16. The first-order chi connectivity index (χ1) is 8.28. The maximum Gasteiger partial charge on any atom is 0.0714 e. The van der Waals surface area contributed by atoms with Gasteiger partial charge < -0.3 is 5.11 Å². The normalized spacial score (nSPS) is 47.4. The number of aliphatic hydroxyl groups excluding tert-OH is 1. The summed E-state index contributed by atoms with van der Waals surface area (Å²) in [5.41, 5.74) is 1.27. The smallest absolute Gasteiger partial charge is 0.0714 e. The molecule has 4 aliphatic rings. The highest BCUT2D eigenvalue weighted by molar-refractivity contribution is 5.32. The molecule has 0 saturated carbocycles. The van der Waals surface area contributed by atoms with Gasteiger partial charge in [0.2, 0.25) is 0 Å². The van der Waals surface area contributed by atoms with Gasteiger partial charge in [-0.25, -0.2) is 0 Å². The summed E-state index contributed by atoms with van der Waals surface area (Å²) in [4.78, 5) is 4.99. The van der Waals surface area contributed by atoms with Gasteiger partial charge >= 0.3 is 0 Å². The quantitative estimate of drug-likeness (QED) is 0.761. The van der Waals surface area contributed by atoms with Crippen LogP contribution in [0.25, 0.3) is 0 Å². The average Bonchev–Trinajstić information content (AvgIpc) is 2.36. The highest BCUT2D eigenvalue weighted by atomic mass is 16.3. The fraction of sp³-hybridized carbons (Fsp3) is 0.571. The predicted octanol–water partition coefficient (Wildman–Crippen LogP) is 0.504. The molecule has 4 aliphatic heterocycles. The average molecular weight is 230 g/mol. The number of hydrogen-bond donors (Lipinski definition) is 1. The Morgan fingerprint density at radius 1 is 1.06 bits per heavy atom. The third-order valence-corrected chi connectivity index (χ3v) is 4.76. The highest BCUT2D eigenvalue weighted by Gasteiger charge is 2.56. The minimum Gasteiger partial charge on any atom is -0.392 e. The molecule has 5 rings (SSSR count). The second-order valence-electron chi connectivity index (χ2n) is 5.89. The highest BCUT2D eigenvalue weighted by Crippen LogP contribution is 2.44. The van der Waals surface area contributed by atoms with Crippen LogP contribution in [0.15, 0.2) is 30.3 Å². The Labute approximate surface area is 102 Å². The molecule has 17 heavy (non-hydrogen) atoms. The molecule has 0 aromatic heterocycles. The topological polar surface area (TPSA) is 26.7 Å². The molecule has 0 spiro atoms. The van der Waals surface area contributed by atoms with Crippen LogP contribution in [-0.2, 0) is 5.41 Å². The van der Waals surface area contributed by atoms with Crippen LogP contribution in [0.2, 0.25) is 0 Å². The summed E-state index contributed by atoms with van der Waals surface area (Å²) in [6.07, 6.45) is -0.169. The standard InChI is InChI=1S/C14H18N2O/c17-13-11-6-15-8-14(13,9-16(7-11)10-15)12-4-2-1-3-5-12/h1-5,11,13,17H,6-10H2/t11?,13-,14?/m1/s1. The van der Waals surface area contributed by atoms with Crippen LogP contribution in [0, 0.1) is 5.92 Å². The maximum absolute atomic E-state index is 10.7. The van der Waals surface area contributed by atoms with Crippen molar-refractivity contribution in [1.29, 1.82) is 0 Å². The van der Waals surface area contributed by atoms with E-state index < -0.39 is 0 Å². The zero-order chi connectivity index (χ0) is 11.5. The molecule has 4 heterocycles. The van der Waals surface area contributed by atoms with Gasteiger partial charge in [-0.15, -0.1) is 0 Å². The monoisotopic (exact) mass is 230 g/mol. The van der Waals surface area contributed by atoms with Crippen LogP contribution in [0.5, 0.6) is 0 Å². The molecule has 1 N–H and O–H groups in total. The Morgan fingerprint density at radius 2 is 1.71 bits per heavy atom. The van der Waals surface area contributed by atoms with Gasteiger partial charge in [-0.1, -0.05) is 30.3 Å². The largest absolute Gasteiger partial charge is 0.392 e. The molecule has 3 nitrogen and oxygen atoms in total. The van der Waals surface area contributed by atoms with E-state index in [0.29, 0.717) is 5.92 Å². The first-order valence-electron chi connectivity index (χ1n) is 6.46. The number of piperidine rings is 2. The van der Waals surface area contributed by atoms with Crippen molar-refractivity contribution in [2.24, 2.45) is 5.92 Å². The summed E-state index contributed by atoms with van der Waals surface area (Å²) in [5.74, 6) is 0.437. The van der Waals surface area contributed by atoms with Gasteiger partial charge in [0.05, 0.1) is 12.8 Å². The molecule has 3 atom stereocenters. The third-order valence-electron chi connectivity index (χ3n) is 4.76. The molecular formula is C14H18N2O. The summed E-state index contributed by atoms with van der Waals surface area (Å²) in [6, 6.07) is 10.6. The van der Waals surface area contributed by atoms with E-state index in [-0.39, 0.29) is 11.5 Å². The molecule has 2 unspecified atom stereocenters. The Bertz CT molecular complexity index is 419. The van der Waals surface area contributed by atoms with Gasteiger partial charge in [0.25, 0.3) is 0 Å². The van der Waals surface area contributed by atoms with E-state index in [4.69, 9.17) is 0 Å². The van der Waals surface area contributed by atoms with E-state index in [1.54, 1.807) is 0 Å². The van der Waals surface area contributed by atoms with Gasteiger partial charge in [-0.2, -0.15) is 0 Å². The minimum absolute atomic E-state index is 0.0410. The van der Waals surface area contributed by atoms with Crippen molar-refractivity contribution >= 4 is 0 Å². The number of hydrogen-bond acceptors (Lipinski definition) is 3. The van der Waals surface area contributed by atoms with Gasteiger partial charge in [0.15, 0.2) is 0 Å². The molecule has 4 bridgehead atoms. The van der Waals surface area contributed by atoms with E-state index >= 15 is 0 Å². The summed E-state index contributed by atoms with van der Waals surface area (Å²) >= 11 is 0. The minimum atomic E-state index is -0.169. The number of nitrogens with zero attached hydrogens (tertiary/aromatic N) is 2. The van der Waals surface area contributed by atoms with Crippen molar-refractivity contribution < 1.29 is 5.11 Å². The first kappa shape index (κ1) is 10.1. The SMILES string of the molecule is O[C@@H]1C2CN3CN(C2)CC1(c1ccccc1)C3. The first-order valence-corrected chi connectivity index (χ1v) is 6.46. The number of rotatable bonds is 1. The van der Waals surface area contributed by atoms with E-state index in [1.807, 2.05) is 0 Å². The van der Waals surface area contributed by atoms with Crippen LogP contribution in [0.3, 0.4) is 0 Å². The molecule has 0 radical (unpaired) electrons. The van der Waals surface area contributed by atoms with Crippen LogP contribution >= 0.6 is 0 Å². The van der Waals surface area contributed by atoms with Crippen molar-refractivity contribution in [3.63, 3.8) is 0 Å². The maximum atomic E-state index is 10.7. The Morgan fingerprint density at radius 3 is 2.35 bits per heavy atom. The summed E-state index contributed by atoms with van der Waals surface area (Å²) in [6.45, 7) is 5.28. The molecule has 0 amide bonds. The van der Waals surface area contributed by atoms with Gasteiger partial charge in [-0.3, -0.25) is 9.80 Å². The molecule has 1 aromatic rings. The van der Waals surface area contributed by atoms with Gasteiger partial charge in [-0.05, 0) is 5.56 Å². The van der Waals surface area contributed by atoms with Crippen molar-refractivity contribution in [3.8, 4) is 0 Å².